The summed E-state index contributed by atoms with van der Waals surface area (Å²) >= 11 is 0. The number of esters is 1. The summed E-state index contributed by atoms with van der Waals surface area (Å²) in [4.78, 5) is 40.7. The Kier molecular flexibility index (Phi) is 8.75. The summed E-state index contributed by atoms with van der Waals surface area (Å²) in [7, 11) is 0. The zero-order valence-electron chi connectivity index (χ0n) is 21.5. The lowest BCUT2D eigenvalue weighted by Crippen LogP contribution is -2.35. The summed E-state index contributed by atoms with van der Waals surface area (Å²) in [5, 5.41) is 0. The van der Waals surface area contributed by atoms with Crippen LogP contribution in [-0.4, -0.2) is 40.3 Å². The minimum absolute atomic E-state index is 0.0419. The standard InChI is InChI=1S/C28H28F4N2O4/c1-5-34-18(4)24(17(3)25(34)27(37)38-6-2)23(35)16-33(15-19-7-13-22(29)14-8-19)26(36)20-9-11-21(12-10-20)28(30,31)32/h7-14H,5-6,15-16H2,1-4H3. The number of benzene rings is 2. The van der Waals surface area contributed by atoms with E-state index in [1.165, 1.54) is 29.2 Å². The minimum atomic E-state index is -4.57. The number of carbonyl (C=O) groups is 3. The first kappa shape index (κ1) is 28.6. The van der Waals surface area contributed by atoms with Crippen molar-refractivity contribution in [3.8, 4) is 0 Å². The molecule has 202 valence electrons. The normalized spacial score (nSPS) is 11.4. The SMILES string of the molecule is CCOC(=O)c1c(C)c(C(=O)CN(Cc2ccc(F)cc2)C(=O)c2ccc(C(F)(F)F)cc2)c(C)n1CC. The van der Waals surface area contributed by atoms with Gasteiger partial charge < -0.3 is 14.2 Å². The Morgan fingerprint density at radius 2 is 1.55 bits per heavy atom. The summed E-state index contributed by atoms with van der Waals surface area (Å²) in [6, 6.07) is 9.02. The molecule has 1 heterocycles. The summed E-state index contributed by atoms with van der Waals surface area (Å²) in [5.41, 5.74) is 1.02. The number of rotatable bonds is 9. The number of halogens is 4. The first-order chi connectivity index (χ1) is 17.9. The molecule has 0 aliphatic rings. The van der Waals surface area contributed by atoms with Crippen LogP contribution in [0.1, 0.15) is 67.4 Å². The molecule has 0 unspecified atom stereocenters. The van der Waals surface area contributed by atoms with E-state index in [9.17, 15) is 31.9 Å². The van der Waals surface area contributed by atoms with Gasteiger partial charge in [0.2, 0.25) is 0 Å². The highest BCUT2D eigenvalue weighted by Gasteiger charge is 2.31. The second-order valence-corrected chi connectivity index (χ2v) is 8.68. The van der Waals surface area contributed by atoms with Crippen LogP contribution in [0.4, 0.5) is 17.6 Å². The third kappa shape index (κ3) is 6.12. The molecule has 1 aromatic heterocycles. The Balaban J connectivity index is 1.99. The number of hydrogen-bond donors (Lipinski definition) is 0. The van der Waals surface area contributed by atoms with Crippen LogP contribution in [0, 0.1) is 19.7 Å². The van der Waals surface area contributed by atoms with E-state index in [-0.39, 0.29) is 30.0 Å². The molecule has 0 aliphatic carbocycles. The maximum Gasteiger partial charge on any atom is 0.416 e. The predicted octanol–water partition coefficient (Wildman–Crippen LogP) is 5.98. The van der Waals surface area contributed by atoms with Gasteiger partial charge in [-0.25, -0.2) is 9.18 Å². The van der Waals surface area contributed by atoms with Crippen LogP contribution in [0.2, 0.25) is 0 Å². The molecular weight excluding hydrogens is 504 g/mol. The maximum atomic E-state index is 13.6. The Bertz CT molecular complexity index is 1330. The fraction of sp³-hybridized carbons (Fsp3) is 0.321. The second-order valence-electron chi connectivity index (χ2n) is 8.68. The molecule has 38 heavy (non-hydrogen) atoms. The van der Waals surface area contributed by atoms with Gasteiger partial charge in [-0.3, -0.25) is 9.59 Å². The van der Waals surface area contributed by atoms with Crippen LogP contribution in [0.25, 0.3) is 0 Å². The Labute approximate surface area is 217 Å². The molecule has 0 atom stereocenters. The highest BCUT2D eigenvalue weighted by Crippen LogP contribution is 2.29. The maximum absolute atomic E-state index is 13.6. The summed E-state index contributed by atoms with van der Waals surface area (Å²) < 4.78 is 59.2. The number of carbonyl (C=O) groups excluding carboxylic acids is 3. The number of hydrogen-bond acceptors (Lipinski definition) is 4. The van der Waals surface area contributed by atoms with Gasteiger partial charge in [0.15, 0.2) is 5.78 Å². The molecule has 3 rings (SSSR count). The number of ketones is 1. The topological polar surface area (TPSA) is 68.6 Å². The van der Waals surface area contributed by atoms with Gasteiger partial charge in [-0.15, -0.1) is 0 Å². The molecule has 0 fully saturated rings. The third-order valence-electron chi connectivity index (χ3n) is 6.20. The lowest BCUT2D eigenvalue weighted by molar-refractivity contribution is -0.137. The van der Waals surface area contributed by atoms with Crippen molar-refractivity contribution in [3.63, 3.8) is 0 Å². The number of ether oxygens (including phenoxy) is 1. The number of nitrogens with zero attached hydrogens (tertiary/aromatic N) is 2. The van der Waals surface area contributed by atoms with E-state index in [1.54, 1.807) is 25.3 Å². The van der Waals surface area contributed by atoms with Crippen molar-refractivity contribution in [2.24, 2.45) is 0 Å². The Morgan fingerprint density at radius 1 is 0.947 bits per heavy atom. The van der Waals surface area contributed by atoms with Crippen LogP contribution in [-0.2, 0) is 24.0 Å². The van der Waals surface area contributed by atoms with Gasteiger partial charge >= 0.3 is 12.1 Å². The van der Waals surface area contributed by atoms with Crippen molar-refractivity contribution in [3.05, 3.63) is 93.6 Å². The lowest BCUT2D eigenvalue weighted by Gasteiger charge is -2.23. The molecule has 0 bridgehead atoms. The zero-order chi connectivity index (χ0) is 28.2. The van der Waals surface area contributed by atoms with Crippen LogP contribution in [0.15, 0.2) is 48.5 Å². The quantitative estimate of drug-likeness (QED) is 0.193. The molecule has 0 spiro atoms. The van der Waals surface area contributed by atoms with Crippen molar-refractivity contribution in [2.75, 3.05) is 13.2 Å². The van der Waals surface area contributed by atoms with Crippen LogP contribution >= 0.6 is 0 Å². The summed E-state index contributed by atoms with van der Waals surface area (Å²) in [6.45, 7) is 6.84. The average molecular weight is 533 g/mol. The van der Waals surface area contributed by atoms with E-state index in [1.807, 2.05) is 6.92 Å². The zero-order valence-corrected chi connectivity index (χ0v) is 21.5. The smallest absolute Gasteiger partial charge is 0.416 e. The third-order valence-corrected chi connectivity index (χ3v) is 6.20. The van der Waals surface area contributed by atoms with Crippen molar-refractivity contribution < 1.29 is 36.7 Å². The highest BCUT2D eigenvalue weighted by atomic mass is 19.4. The minimum Gasteiger partial charge on any atom is -0.461 e. The first-order valence-electron chi connectivity index (χ1n) is 12.0. The number of Topliss-reactive ketones (excluding diaryl/α,β-unsaturated/α-hetero) is 1. The van der Waals surface area contributed by atoms with E-state index >= 15 is 0 Å². The molecule has 1 amide bonds. The highest BCUT2D eigenvalue weighted by molar-refractivity contribution is 6.06. The largest absolute Gasteiger partial charge is 0.461 e. The molecule has 10 heteroatoms. The van der Waals surface area contributed by atoms with Gasteiger partial charge in [-0.2, -0.15) is 13.2 Å². The number of aromatic nitrogens is 1. The molecule has 0 radical (unpaired) electrons. The molecule has 3 aromatic rings. The van der Waals surface area contributed by atoms with Gasteiger partial charge in [-0.1, -0.05) is 12.1 Å². The molecule has 0 saturated carbocycles. The van der Waals surface area contributed by atoms with Crippen molar-refractivity contribution >= 4 is 17.7 Å². The Hall–Kier alpha value is -3.95. The average Bonchev–Trinajstić information content (AvgIpc) is 3.13. The second kappa shape index (κ2) is 11.6. The monoisotopic (exact) mass is 532 g/mol. The lowest BCUT2D eigenvalue weighted by atomic mass is 10.0. The number of alkyl halides is 3. The molecular formula is C28H28F4N2O4. The summed E-state index contributed by atoms with van der Waals surface area (Å²) in [6.07, 6.45) is -4.57. The van der Waals surface area contributed by atoms with E-state index in [2.05, 4.69) is 0 Å². The Morgan fingerprint density at radius 3 is 2.08 bits per heavy atom. The van der Waals surface area contributed by atoms with Crippen molar-refractivity contribution in [2.45, 2.75) is 47.0 Å². The van der Waals surface area contributed by atoms with Crippen LogP contribution in [0.5, 0.6) is 0 Å². The van der Waals surface area contributed by atoms with E-state index < -0.39 is 41.8 Å². The molecule has 0 saturated heterocycles. The molecule has 0 N–H and O–H groups in total. The van der Waals surface area contributed by atoms with E-state index in [0.717, 1.165) is 24.3 Å². The van der Waals surface area contributed by atoms with Gasteiger partial charge in [-0.05, 0) is 75.2 Å². The van der Waals surface area contributed by atoms with Gasteiger partial charge in [0.1, 0.15) is 11.5 Å². The summed E-state index contributed by atoms with van der Waals surface area (Å²) in [5.74, 6) is -2.19. The fourth-order valence-corrected chi connectivity index (χ4v) is 4.41. The number of amides is 1. The van der Waals surface area contributed by atoms with Crippen LogP contribution < -0.4 is 0 Å². The molecule has 6 nitrogen and oxygen atoms in total. The predicted molar refractivity (Wildman–Crippen MR) is 132 cm³/mol. The molecule has 2 aromatic carbocycles. The van der Waals surface area contributed by atoms with Crippen molar-refractivity contribution in [1.82, 2.24) is 9.47 Å². The van der Waals surface area contributed by atoms with Gasteiger partial charge in [0, 0.05) is 29.9 Å². The van der Waals surface area contributed by atoms with E-state index in [0.29, 0.717) is 23.4 Å². The van der Waals surface area contributed by atoms with Gasteiger partial charge in [0.05, 0.1) is 18.7 Å². The van der Waals surface area contributed by atoms with Gasteiger partial charge in [0.25, 0.3) is 5.91 Å². The van der Waals surface area contributed by atoms with Crippen molar-refractivity contribution in [1.29, 1.82) is 0 Å². The van der Waals surface area contributed by atoms with Crippen LogP contribution in [0.3, 0.4) is 0 Å². The molecule has 0 aliphatic heterocycles. The fourth-order valence-electron chi connectivity index (χ4n) is 4.41. The first-order valence-corrected chi connectivity index (χ1v) is 12.0. The van der Waals surface area contributed by atoms with E-state index in [4.69, 9.17) is 4.74 Å².